The van der Waals surface area contributed by atoms with Gasteiger partial charge >= 0.3 is 5.97 Å². The molecule has 0 amide bonds. The summed E-state index contributed by atoms with van der Waals surface area (Å²) >= 11 is 0. The van der Waals surface area contributed by atoms with E-state index in [9.17, 15) is 18.5 Å². The van der Waals surface area contributed by atoms with E-state index in [0.29, 0.717) is 12.3 Å². The fraction of sp³-hybridized carbons (Fsp3) is 0.391. The molecule has 2 aromatic carbocycles. The number of methoxy groups -OCH3 is 1. The zero-order chi connectivity index (χ0) is 23.0. The maximum Gasteiger partial charge on any atom is 0.321 e. The number of carbonyl (C=O) groups is 1. The van der Waals surface area contributed by atoms with Crippen LogP contribution in [0.3, 0.4) is 0 Å². The molecule has 31 heavy (non-hydrogen) atoms. The Bertz CT molecular complexity index is 1040. The van der Waals surface area contributed by atoms with E-state index >= 15 is 0 Å². The molecule has 0 aliphatic rings. The molecule has 0 aromatic heterocycles. The van der Waals surface area contributed by atoms with Crippen LogP contribution in [0.2, 0.25) is 0 Å². The van der Waals surface area contributed by atoms with Gasteiger partial charge in [-0.1, -0.05) is 38.1 Å². The first-order valence-corrected chi connectivity index (χ1v) is 11.5. The summed E-state index contributed by atoms with van der Waals surface area (Å²) < 4.78 is 38.1. The lowest BCUT2D eigenvalue weighted by atomic mass is 10.0. The lowest BCUT2D eigenvalue weighted by Gasteiger charge is -2.22. The first-order chi connectivity index (χ1) is 14.7. The fourth-order valence-corrected chi connectivity index (χ4v) is 4.61. The summed E-state index contributed by atoms with van der Waals surface area (Å²) in [7, 11) is -2.77. The Kier molecular flexibility index (Phi) is 8.60. The van der Waals surface area contributed by atoms with Gasteiger partial charge in [-0.3, -0.25) is 4.79 Å². The molecule has 0 saturated heterocycles. The van der Waals surface area contributed by atoms with Gasteiger partial charge in [0.25, 0.3) is 0 Å². The SMILES string of the molecule is CCOC(=O)CN(CCc1ccc(C(C)C)cc1)S(=O)(=O)c1cc(C#N)ccc1OC. The van der Waals surface area contributed by atoms with Crippen LogP contribution in [-0.2, 0) is 26.0 Å². The van der Waals surface area contributed by atoms with Gasteiger partial charge in [0.1, 0.15) is 17.2 Å². The summed E-state index contributed by atoms with van der Waals surface area (Å²) in [6.45, 7) is 5.65. The van der Waals surface area contributed by atoms with Gasteiger partial charge in [0, 0.05) is 6.54 Å². The molecule has 0 fully saturated rings. The van der Waals surface area contributed by atoms with Gasteiger partial charge in [-0.05, 0) is 48.6 Å². The Morgan fingerprint density at radius 1 is 1.16 bits per heavy atom. The van der Waals surface area contributed by atoms with E-state index in [1.54, 1.807) is 6.92 Å². The number of hydrogen-bond acceptors (Lipinski definition) is 6. The second kappa shape index (κ2) is 10.9. The summed E-state index contributed by atoms with van der Waals surface area (Å²) in [4.78, 5) is 12.0. The van der Waals surface area contributed by atoms with Crippen molar-refractivity contribution in [1.29, 1.82) is 5.26 Å². The van der Waals surface area contributed by atoms with Crippen LogP contribution in [0.5, 0.6) is 5.75 Å². The molecule has 2 rings (SSSR count). The van der Waals surface area contributed by atoms with Gasteiger partial charge in [0.2, 0.25) is 10.0 Å². The maximum atomic E-state index is 13.4. The van der Waals surface area contributed by atoms with Crippen molar-refractivity contribution in [1.82, 2.24) is 4.31 Å². The molecule has 0 spiro atoms. The molecule has 0 aliphatic carbocycles. The van der Waals surface area contributed by atoms with E-state index in [2.05, 4.69) is 13.8 Å². The van der Waals surface area contributed by atoms with Crippen molar-refractivity contribution in [2.24, 2.45) is 0 Å². The van der Waals surface area contributed by atoms with Crippen LogP contribution >= 0.6 is 0 Å². The van der Waals surface area contributed by atoms with Crippen LogP contribution in [-0.4, -0.2) is 45.5 Å². The molecular weight excluding hydrogens is 416 g/mol. The second-order valence-corrected chi connectivity index (χ2v) is 9.17. The van der Waals surface area contributed by atoms with Crippen molar-refractivity contribution < 1.29 is 22.7 Å². The van der Waals surface area contributed by atoms with Gasteiger partial charge in [0.15, 0.2) is 0 Å². The summed E-state index contributed by atoms with van der Waals surface area (Å²) in [5, 5.41) is 9.19. The van der Waals surface area contributed by atoms with E-state index in [4.69, 9.17) is 9.47 Å². The monoisotopic (exact) mass is 444 g/mol. The Hall–Kier alpha value is -2.89. The lowest BCUT2D eigenvalue weighted by molar-refractivity contribution is -0.143. The normalized spacial score (nSPS) is 11.4. The largest absolute Gasteiger partial charge is 0.495 e. The van der Waals surface area contributed by atoms with Gasteiger partial charge in [-0.15, -0.1) is 0 Å². The molecule has 0 aliphatic heterocycles. The molecule has 0 N–H and O–H groups in total. The van der Waals surface area contributed by atoms with Crippen LogP contribution in [0, 0.1) is 11.3 Å². The number of hydrogen-bond donors (Lipinski definition) is 0. The van der Waals surface area contributed by atoms with Gasteiger partial charge in [-0.25, -0.2) is 8.42 Å². The van der Waals surface area contributed by atoms with Gasteiger partial charge < -0.3 is 9.47 Å². The highest BCUT2D eigenvalue weighted by molar-refractivity contribution is 7.89. The average Bonchev–Trinajstić information content (AvgIpc) is 2.76. The average molecular weight is 445 g/mol. The molecule has 0 radical (unpaired) electrons. The number of benzene rings is 2. The number of nitriles is 1. The highest BCUT2D eigenvalue weighted by atomic mass is 32.2. The third-order valence-electron chi connectivity index (χ3n) is 4.82. The predicted octanol–water partition coefficient (Wildman–Crippen LogP) is 3.49. The Morgan fingerprint density at radius 3 is 2.39 bits per heavy atom. The standard InChI is InChI=1S/C23H28N2O5S/c1-5-30-23(26)16-25(13-12-18-6-9-20(10-7-18)17(2)3)31(27,28)22-14-19(15-24)8-11-21(22)29-4/h6-11,14,17H,5,12-13,16H2,1-4H3. The van der Waals surface area contributed by atoms with E-state index in [0.717, 1.165) is 9.87 Å². The Balaban J connectivity index is 2.36. The smallest absolute Gasteiger partial charge is 0.321 e. The first-order valence-electron chi connectivity index (χ1n) is 10.1. The molecule has 166 valence electrons. The first kappa shape index (κ1) is 24.4. The quantitative estimate of drug-likeness (QED) is 0.521. The third-order valence-corrected chi connectivity index (χ3v) is 6.68. The topological polar surface area (TPSA) is 96.7 Å². The number of sulfonamides is 1. The minimum atomic E-state index is -4.13. The number of carbonyl (C=O) groups excluding carboxylic acids is 1. The molecule has 0 atom stereocenters. The van der Waals surface area contributed by atoms with Crippen molar-refractivity contribution in [3.63, 3.8) is 0 Å². The zero-order valence-electron chi connectivity index (χ0n) is 18.3. The summed E-state index contributed by atoms with van der Waals surface area (Å²) in [6, 6.07) is 14.0. The third kappa shape index (κ3) is 6.29. The zero-order valence-corrected chi connectivity index (χ0v) is 19.1. The number of ether oxygens (including phenoxy) is 2. The van der Waals surface area contributed by atoms with Crippen LogP contribution in [0.1, 0.15) is 43.4 Å². The Labute approximate surface area is 184 Å². The lowest BCUT2D eigenvalue weighted by Crippen LogP contribution is -2.38. The highest BCUT2D eigenvalue weighted by Gasteiger charge is 2.30. The molecule has 0 bridgehead atoms. The maximum absolute atomic E-state index is 13.4. The summed E-state index contributed by atoms with van der Waals surface area (Å²) in [5.41, 5.74) is 2.32. The molecule has 0 heterocycles. The van der Waals surface area contributed by atoms with E-state index in [-0.39, 0.29) is 29.4 Å². The van der Waals surface area contributed by atoms with Crippen LogP contribution in [0.4, 0.5) is 0 Å². The number of esters is 1. The minimum absolute atomic E-state index is 0.0715. The second-order valence-electron chi connectivity index (χ2n) is 7.27. The molecule has 7 nitrogen and oxygen atoms in total. The Morgan fingerprint density at radius 2 is 1.84 bits per heavy atom. The van der Waals surface area contributed by atoms with Gasteiger partial charge in [0.05, 0.1) is 25.3 Å². The summed E-state index contributed by atoms with van der Waals surface area (Å²) in [5.74, 6) is -0.139. The van der Waals surface area contributed by atoms with Crippen molar-refractivity contribution in [3.8, 4) is 11.8 Å². The van der Waals surface area contributed by atoms with Crippen molar-refractivity contribution >= 4 is 16.0 Å². The van der Waals surface area contributed by atoms with E-state index in [1.807, 2.05) is 30.3 Å². The molecular formula is C23H28N2O5S. The van der Waals surface area contributed by atoms with Crippen molar-refractivity contribution in [3.05, 3.63) is 59.2 Å². The molecule has 2 aromatic rings. The van der Waals surface area contributed by atoms with Crippen LogP contribution < -0.4 is 4.74 Å². The number of nitrogens with zero attached hydrogens (tertiary/aromatic N) is 2. The van der Waals surface area contributed by atoms with Crippen LogP contribution in [0.25, 0.3) is 0 Å². The summed E-state index contributed by atoms with van der Waals surface area (Å²) in [6.07, 6.45) is 0.414. The minimum Gasteiger partial charge on any atom is -0.495 e. The molecule has 0 unspecified atom stereocenters. The van der Waals surface area contributed by atoms with Crippen molar-refractivity contribution in [2.45, 2.75) is 38.0 Å². The van der Waals surface area contributed by atoms with Gasteiger partial charge in [-0.2, -0.15) is 9.57 Å². The van der Waals surface area contributed by atoms with E-state index in [1.165, 1.54) is 30.9 Å². The molecule has 8 heteroatoms. The van der Waals surface area contributed by atoms with E-state index < -0.39 is 22.5 Å². The highest BCUT2D eigenvalue weighted by Crippen LogP contribution is 2.28. The van der Waals surface area contributed by atoms with Crippen LogP contribution in [0.15, 0.2) is 47.4 Å². The fourth-order valence-electron chi connectivity index (χ4n) is 3.04. The number of rotatable bonds is 10. The predicted molar refractivity (Wildman–Crippen MR) is 117 cm³/mol. The molecule has 0 saturated carbocycles. The van der Waals surface area contributed by atoms with Crippen molar-refractivity contribution in [2.75, 3.05) is 26.8 Å².